The summed E-state index contributed by atoms with van der Waals surface area (Å²) in [5.74, 6) is 0.921. The largest absolute Gasteiger partial charge is 0.395 e. The van der Waals surface area contributed by atoms with Crippen molar-refractivity contribution in [1.29, 1.82) is 0 Å². The predicted octanol–water partition coefficient (Wildman–Crippen LogP) is 3.63. The highest BCUT2D eigenvalue weighted by Gasteiger charge is 2.23. The van der Waals surface area contributed by atoms with Crippen LogP contribution in [-0.2, 0) is 12.0 Å². The molecule has 1 aromatic heterocycles. The maximum absolute atomic E-state index is 9.20. The van der Waals surface area contributed by atoms with Gasteiger partial charge in [-0.2, -0.15) is 0 Å². The second kappa shape index (κ2) is 4.72. The summed E-state index contributed by atoms with van der Waals surface area (Å²) in [7, 11) is 0. The average Bonchev–Trinajstić information content (AvgIpc) is 2.58. The van der Waals surface area contributed by atoms with Gasteiger partial charge in [0.2, 0.25) is 0 Å². The molecule has 0 bridgehead atoms. The molecule has 1 aromatic carbocycles. The molecule has 0 aliphatic carbocycles. The van der Waals surface area contributed by atoms with Crippen molar-refractivity contribution >= 4 is 34.2 Å². The van der Waals surface area contributed by atoms with Gasteiger partial charge in [0.1, 0.15) is 5.82 Å². The first-order chi connectivity index (χ1) is 8.34. The molecule has 0 radical (unpaired) electrons. The van der Waals surface area contributed by atoms with Gasteiger partial charge in [0.05, 0.1) is 27.7 Å². The Labute approximate surface area is 116 Å². The molecule has 0 fully saturated rings. The van der Waals surface area contributed by atoms with E-state index in [1.807, 2.05) is 4.57 Å². The third kappa shape index (κ3) is 2.35. The molecule has 0 atom stereocenters. The summed E-state index contributed by atoms with van der Waals surface area (Å²) in [6.45, 7) is 6.83. The number of aliphatic hydroxyl groups is 1. The highest BCUT2D eigenvalue weighted by atomic mass is 35.5. The fourth-order valence-corrected chi connectivity index (χ4v) is 2.33. The lowest BCUT2D eigenvalue weighted by Gasteiger charge is -2.19. The van der Waals surface area contributed by atoms with Crippen LogP contribution in [0.4, 0.5) is 0 Å². The Bertz CT molecular complexity index is 585. The third-order valence-electron chi connectivity index (χ3n) is 2.78. The number of imidazole rings is 1. The van der Waals surface area contributed by atoms with E-state index in [9.17, 15) is 5.11 Å². The average molecular weight is 287 g/mol. The van der Waals surface area contributed by atoms with Crippen molar-refractivity contribution in [1.82, 2.24) is 9.55 Å². The SMILES string of the molecule is CC(C)(C)c1nc2cc(Cl)c(Cl)cc2n1CCO. The van der Waals surface area contributed by atoms with E-state index in [0.717, 1.165) is 16.9 Å². The van der Waals surface area contributed by atoms with Crippen LogP contribution in [0.5, 0.6) is 0 Å². The third-order valence-corrected chi connectivity index (χ3v) is 3.51. The van der Waals surface area contributed by atoms with E-state index >= 15 is 0 Å². The molecule has 3 nitrogen and oxygen atoms in total. The molecule has 18 heavy (non-hydrogen) atoms. The second-order valence-corrected chi connectivity index (χ2v) is 6.13. The Balaban J connectivity index is 2.75. The zero-order valence-electron chi connectivity index (χ0n) is 10.7. The van der Waals surface area contributed by atoms with E-state index in [1.165, 1.54) is 0 Å². The van der Waals surface area contributed by atoms with Crippen molar-refractivity contribution in [3.8, 4) is 0 Å². The molecule has 98 valence electrons. The van der Waals surface area contributed by atoms with Crippen molar-refractivity contribution in [2.45, 2.75) is 32.7 Å². The minimum absolute atomic E-state index is 0.0643. The number of hydrogen-bond donors (Lipinski definition) is 1. The monoisotopic (exact) mass is 286 g/mol. The van der Waals surface area contributed by atoms with Gasteiger partial charge >= 0.3 is 0 Å². The molecule has 2 aromatic rings. The van der Waals surface area contributed by atoms with Crippen molar-refractivity contribution in [2.24, 2.45) is 0 Å². The summed E-state index contributed by atoms with van der Waals surface area (Å²) in [6, 6.07) is 3.57. The van der Waals surface area contributed by atoms with Gasteiger partial charge in [0.25, 0.3) is 0 Å². The molecular weight excluding hydrogens is 271 g/mol. The van der Waals surface area contributed by atoms with E-state index in [1.54, 1.807) is 12.1 Å². The highest BCUT2D eigenvalue weighted by Crippen LogP contribution is 2.31. The molecule has 0 aliphatic rings. The number of aromatic nitrogens is 2. The normalized spacial score (nSPS) is 12.3. The Morgan fingerprint density at radius 1 is 1.22 bits per heavy atom. The van der Waals surface area contributed by atoms with Crippen LogP contribution in [0.15, 0.2) is 12.1 Å². The van der Waals surface area contributed by atoms with Gasteiger partial charge in [0, 0.05) is 12.0 Å². The molecule has 0 saturated carbocycles. The Morgan fingerprint density at radius 3 is 2.39 bits per heavy atom. The lowest BCUT2D eigenvalue weighted by atomic mass is 9.95. The van der Waals surface area contributed by atoms with Gasteiger partial charge in [-0.3, -0.25) is 0 Å². The van der Waals surface area contributed by atoms with E-state index in [0.29, 0.717) is 16.6 Å². The number of hydrogen-bond acceptors (Lipinski definition) is 2. The number of nitrogens with zero attached hydrogens (tertiary/aromatic N) is 2. The van der Waals surface area contributed by atoms with Gasteiger partial charge in [-0.05, 0) is 12.1 Å². The van der Waals surface area contributed by atoms with Gasteiger partial charge in [-0.15, -0.1) is 0 Å². The van der Waals surface area contributed by atoms with Gasteiger partial charge in [-0.1, -0.05) is 44.0 Å². The summed E-state index contributed by atoms with van der Waals surface area (Å²) < 4.78 is 2.00. The first-order valence-electron chi connectivity index (χ1n) is 5.81. The summed E-state index contributed by atoms with van der Waals surface area (Å²) in [4.78, 5) is 4.61. The molecule has 0 aliphatic heterocycles. The van der Waals surface area contributed by atoms with Crippen LogP contribution < -0.4 is 0 Å². The molecule has 0 unspecified atom stereocenters. The maximum atomic E-state index is 9.20. The second-order valence-electron chi connectivity index (χ2n) is 5.32. The Kier molecular flexibility index (Phi) is 3.58. The van der Waals surface area contributed by atoms with E-state index < -0.39 is 0 Å². The quantitative estimate of drug-likeness (QED) is 0.915. The van der Waals surface area contributed by atoms with Crippen LogP contribution in [0.3, 0.4) is 0 Å². The molecule has 1 heterocycles. The topological polar surface area (TPSA) is 38.0 Å². The van der Waals surface area contributed by atoms with Crippen LogP contribution in [0.1, 0.15) is 26.6 Å². The van der Waals surface area contributed by atoms with Crippen molar-refractivity contribution in [3.63, 3.8) is 0 Å². The smallest absolute Gasteiger partial charge is 0.115 e. The molecule has 0 spiro atoms. The first kappa shape index (κ1) is 13.7. The van der Waals surface area contributed by atoms with E-state index in [-0.39, 0.29) is 12.0 Å². The highest BCUT2D eigenvalue weighted by molar-refractivity contribution is 6.42. The Morgan fingerprint density at radius 2 is 1.83 bits per heavy atom. The van der Waals surface area contributed by atoms with Gasteiger partial charge < -0.3 is 9.67 Å². The minimum atomic E-state index is -0.104. The predicted molar refractivity (Wildman–Crippen MR) is 75.5 cm³/mol. The summed E-state index contributed by atoms with van der Waals surface area (Å²) >= 11 is 12.1. The zero-order valence-corrected chi connectivity index (χ0v) is 12.2. The summed E-state index contributed by atoms with van der Waals surface area (Å²) in [5.41, 5.74) is 1.61. The lowest BCUT2D eigenvalue weighted by molar-refractivity contribution is 0.273. The van der Waals surface area contributed by atoms with E-state index in [2.05, 4.69) is 25.8 Å². The standard InChI is InChI=1S/C13H16Cl2N2O/c1-13(2,3)12-16-10-6-8(14)9(15)7-11(10)17(12)4-5-18/h6-7,18H,4-5H2,1-3H3. The van der Waals surface area contributed by atoms with Crippen molar-refractivity contribution in [2.75, 3.05) is 6.61 Å². The first-order valence-corrected chi connectivity index (χ1v) is 6.57. The summed E-state index contributed by atoms with van der Waals surface area (Å²) in [5, 5.41) is 10.2. The van der Waals surface area contributed by atoms with Crippen LogP contribution >= 0.6 is 23.2 Å². The van der Waals surface area contributed by atoms with Gasteiger partial charge in [0.15, 0.2) is 0 Å². The van der Waals surface area contributed by atoms with Crippen molar-refractivity contribution < 1.29 is 5.11 Å². The number of rotatable bonds is 2. The summed E-state index contributed by atoms with van der Waals surface area (Å²) in [6.07, 6.45) is 0. The lowest BCUT2D eigenvalue weighted by Crippen LogP contribution is -2.20. The number of aliphatic hydroxyl groups excluding tert-OH is 1. The van der Waals surface area contributed by atoms with E-state index in [4.69, 9.17) is 23.2 Å². The molecule has 0 saturated heterocycles. The van der Waals surface area contributed by atoms with Crippen LogP contribution in [-0.4, -0.2) is 21.3 Å². The van der Waals surface area contributed by atoms with Crippen LogP contribution in [0, 0.1) is 0 Å². The zero-order chi connectivity index (χ0) is 13.5. The minimum Gasteiger partial charge on any atom is -0.395 e. The number of fused-ring (bicyclic) bond motifs is 1. The van der Waals surface area contributed by atoms with Crippen LogP contribution in [0.25, 0.3) is 11.0 Å². The fourth-order valence-electron chi connectivity index (χ4n) is 2.02. The molecule has 2 rings (SSSR count). The Hall–Kier alpha value is -0.770. The molecular formula is C13H16Cl2N2O. The molecule has 0 amide bonds. The molecule has 1 N–H and O–H groups in total. The number of benzene rings is 1. The fraction of sp³-hybridized carbons (Fsp3) is 0.462. The number of halogens is 2. The maximum Gasteiger partial charge on any atom is 0.115 e. The van der Waals surface area contributed by atoms with Crippen LogP contribution in [0.2, 0.25) is 10.0 Å². The molecule has 5 heteroatoms. The van der Waals surface area contributed by atoms with Gasteiger partial charge in [-0.25, -0.2) is 4.98 Å². The van der Waals surface area contributed by atoms with Crippen molar-refractivity contribution in [3.05, 3.63) is 28.0 Å².